The number of hydrogen-bond donors (Lipinski definition) is 1. The van der Waals surface area contributed by atoms with Gasteiger partial charge in [0.1, 0.15) is 17.2 Å². The van der Waals surface area contributed by atoms with Crippen LogP contribution in [0.2, 0.25) is 0 Å². The van der Waals surface area contributed by atoms with Crippen molar-refractivity contribution in [3.05, 3.63) is 58.7 Å². The summed E-state index contributed by atoms with van der Waals surface area (Å²) in [5.74, 6) is -0.650. The van der Waals surface area contributed by atoms with E-state index in [1.165, 1.54) is 22.8 Å². The number of aromatic nitrogens is 2. The van der Waals surface area contributed by atoms with Gasteiger partial charge in [-0.05, 0) is 49.6 Å². The summed E-state index contributed by atoms with van der Waals surface area (Å²) in [6.07, 6.45) is -4.99. The number of carbonyl (C=O) groups is 1. The molecule has 0 aliphatic heterocycles. The molecule has 0 fully saturated rings. The zero-order valence-electron chi connectivity index (χ0n) is 16.7. The van der Waals surface area contributed by atoms with Gasteiger partial charge in [0, 0.05) is 4.88 Å². The van der Waals surface area contributed by atoms with Gasteiger partial charge in [-0.2, -0.15) is 13.2 Å². The molecule has 2 aromatic heterocycles. The SMILES string of the molecule is CCOC(=O)Cc1nc(C(F)(F)F)c(C)n1-c1ccc(-c2ccc(CO)c(C)c2)s1. The van der Waals surface area contributed by atoms with E-state index in [9.17, 15) is 23.1 Å². The third-order valence-electron chi connectivity index (χ3n) is 4.66. The molecule has 1 N–H and O–H groups in total. The summed E-state index contributed by atoms with van der Waals surface area (Å²) < 4.78 is 46.5. The number of thiophene rings is 1. The molecule has 30 heavy (non-hydrogen) atoms. The van der Waals surface area contributed by atoms with Gasteiger partial charge in [-0.15, -0.1) is 11.3 Å². The summed E-state index contributed by atoms with van der Waals surface area (Å²) >= 11 is 1.29. The first-order chi connectivity index (χ1) is 14.2. The summed E-state index contributed by atoms with van der Waals surface area (Å²) in [7, 11) is 0. The lowest BCUT2D eigenvalue weighted by Crippen LogP contribution is -2.12. The summed E-state index contributed by atoms with van der Waals surface area (Å²) in [5, 5.41) is 9.86. The first kappa shape index (κ1) is 22.0. The number of rotatable bonds is 6. The van der Waals surface area contributed by atoms with Gasteiger partial charge < -0.3 is 9.84 Å². The maximum atomic E-state index is 13.4. The van der Waals surface area contributed by atoms with Gasteiger partial charge in [-0.25, -0.2) is 4.98 Å². The Hall–Kier alpha value is -2.65. The summed E-state index contributed by atoms with van der Waals surface area (Å²) in [6, 6.07) is 9.12. The van der Waals surface area contributed by atoms with Crippen molar-refractivity contribution in [2.45, 2.75) is 40.0 Å². The Morgan fingerprint density at radius 1 is 1.23 bits per heavy atom. The van der Waals surface area contributed by atoms with Crippen molar-refractivity contribution in [3.8, 4) is 15.4 Å². The summed E-state index contributed by atoms with van der Waals surface area (Å²) in [5.41, 5.74) is 1.53. The highest BCUT2D eigenvalue weighted by atomic mass is 32.1. The molecule has 1 aromatic carbocycles. The summed E-state index contributed by atoms with van der Waals surface area (Å²) in [4.78, 5) is 16.5. The van der Waals surface area contributed by atoms with Crippen LogP contribution in [0.4, 0.5) is 13.2 Å². The van der Waals surface area contributed by atoms with Crippen molar-refractivity contribution in [2.75, 3.05) is 6.61 Å². The molecule has 0 radical (unpaired) electrons. The Labute approximate surface area is 175 Å². The van der Waals surface area contributed by atoms with E-state index < -0.39 is 17.8 Å². The number of ether oxygens (including phenoxy) is 1. The monoisotopic (exact) mass is 438 g/mol. The smallest absolute Gasteiger partial charge is 0.435 e. The van der Waals surface area contributed by atoms with E-state index in [1.54, 1.807) is 13.0 Å². The molecule has 0 saturated heterocycles. The fourth-order valence-corrected chi connectivity index (χ4v) is 4.29. The molecule has 0 aliphatic rings. The van der Waals surface area contributed by atoms with E-state index in [4.69, 9.17) is 4.74 Å². The predicted molar refractivity (Wildman–Crippen MR) is 108 cm³/mol. The molecule has 2 heterocycles. The van der Waals surface area contributed by atoms with Crippen molar-refractivity contribution in [1.29, 1.82) is 0 Å². The molecule has 3 rings (SSSR count). The second-order valence-corrected chi connectivity index (χ2v) is 7.78. The average molecular weight is 438 g/mol. The highest BCUT2D eigenvalue weighted by molar-refractivity contribution is 7.17. The Morgan fingerprint density at radius 2 is 1.97 bits per heavy atom. The second-order valence-electron chi connectivity index (χ2n) is 6.71. The number of imidazole rings is 1. The number of carbonyl (C=O) groups excluding carboxylic acids is 1. The Morgan fingerprint density at radius 3 is 2.57 bits per heavy atom. The first-order valence-electron chi connectivity index (χ1n) is 9.27. The largest absolute Gasteiger partial charge is 0.466 e. The van der Waals surface area contributed by atoms with Crippen LogP contribution in [-0.2, 0) is 28.7 Å². The molecule has 5 nitrogen and oxygen atoms in total. The zero-order chi connectivity index (χ0) is 22.1. The second kappa shape index (κ2) is 8.61. The van der Waals surface area contributed by atoms with Gasteiger partial charge in [0.25, 0.3) is 0 Å². The Balaban J connectivity index is 2.05. The van der Waals surface area contributed by atoms with Crippen LogP contribution >= 0.6 is 11.3 Å². The molecule has 0 unspecified atom stereocenters. The third kappa shape index (κ3) is 4.41. The zero-order valence-corrected chi connectivity index (χ0v) is 17.5. The van der Waals surface area contributed by atoms with Crippen molar-refractivity contribution in [2.24, 2.45) is 0 Å². The van der Waals surface area contributed by atoms with Crippen LogP contribution in [0.3, 0.4) is 0 Å². The van der Waals surface area contributed by atoms with E-state index in [1.807, 2.05) is 31.2 Å². The number of halogens is 3. The number of benzene rings is 1. The lowest BCUT2D eigenvalue weighted by Gasteiger charge is -2.08. The third-order valence-corrected chi connectivity index (χ3v) is 5.78. The van der Waals surface area contributed by atoms with Crippen LogP contribution in [-0.4, -0.2) is 27.2 Å². The molecular formula is C21H21F3N2O3S. The molecule has 160 valence electrons. The van der Waals surface area contributed by atoms with Crippen LogP contribution in [0.15, 0.2) is 30.3 Å². The van der Waals surface area contributed by atoms with Gasteiger partial charge in [-0.3, -0.25) is 9.36 Å². The van der Waals surface area contributed by atoms with E-state index in [0.29, 0.717) is 5.00 Å². The van der Waals surface area contributed by atoms with Gasteiger partial charge in [-0.1, -0.05) is 18.2 Å². The van der Waals surface area contributed by atoms with Gasteiger partial charge in [0.2, 0.25) is 0 Å². The molecule has 0 saturated carbocycles. The minimum Gasteiger partial charge on any atom is -0.466 e. The van der Waals surface area contributed by atoms with Crippen molar-refractivity contribution in [3.63, 3.8) is 0 Å². The van der Waals surface area contributed by atoms with Gasteiger partial charge >= 0.3 is 12.1 Å². The molecule has 3 aromatic rings. The first-order valence-corrected chi connectivity index (χ1v) is 10.1. The van der Waals surface area contributed by atoms with Crippen LogP contribution in [0, 0.1) is 13.8 Å². The number of alkyl halides is 3. The fourth-order valence-electron chi connectivity index (χ4n) is 3.21. The fraction of sp³-hybridized carbons (Fsp3) is 0.333. The lowest BCUT2D eigenvalue weighted by molar-refractivity contribution is -0.143. The molecule has 9 heteroatoms. The van der Waals surface area contributed by atoms with E-state index >= 15 is 0 Å². The normalized spacial score (nSPS) is 11.7. The average Bonchev–Trinajstić information content (AvgIpc) is 3.26. The van der Waals surface area contributed by atoms with Crippen LogP contribution < -0.4 is 0 Å². The van der Waals surface area contributed by atoms with Crippen LogP contribution in [0.5, 0.6) is 0 Å². The molecule has 0 spiro atoms. The topological polar surface area (TPSA) is 64.3 Å². The maximum Gasteiger partial charge on any atom is 0.435 e. The maximum absolute atomic E-state index is 13.4. The molecule has 0 atom stereocenters. The van der Waals surface area contributed by atoms with Gasteiger partial charge in [0.15, 0.2) is 5.69 Å². The van der Waals surface area contributed by atoms with E-state index in [2.05, 4.69) is 4.98 Å². The molecule has 0 bridgehead atoms. The van der Waals surface area contributed by atoms with Crippen molar-refractivity contribution >= 4 is 17.3 Å². The number of hydrogen-bond acceptors (Lipinski definition) is 5. The van der Waals surface area contributed by atoms with Crippen molar-refractivity contribution < 1.29 is 27.8 Å². The number of aryl methyl sites for hydroxylation is 1. The van der Waals surface area contributed by atoms with Crippen LogP contribution in [0.1, 0.15) is 35.3 Å². The number of esters is 1. The molecule has 0 aliphatic carbocycles. The minimum atomic E-state index is -4.63. The Bertz CT molecular complexity index is 1070. The van der Waals surface area contributed by atoms with Gasteiger partial charge in [0.05, 0.1) is 18.9 Å². The Kier molecular flexibility index (Phi) is 6.33. The number of nitrogens with zero attached hydrogens (tertiary/aromatic N) is 2. The predicted octanol–water partition coefficient (Wildman–Crippen LogP) is 4.83. The quantitative estimate of drug-likeness (QED) is 0.560. The van der Waals surface area contributed by atoms with E-state index in [-0.39, 0.29) is 31.2 Å². The highest BCUT2D eigenvalue weighted by Gasteiger charge is 2.38. The summed E-state index contributed by atoms with van der Waals surface area (Å²) in [6.45, 7) is 4.93. The van der Waals surface area contributed by atoms with E-state index in [0.717, 1.165) is 21.6 Å². The lowest BCUT2D eigenvalue weighted by atomic mass is 10.0. The standard InChI is InChI=1S/C21H21F3N2O3S/c1-4-29-19(28)10-17-25-20(21(22,23)24)13(3)26(17)18-8-7-16(30-18)14-5-6-15(11-27)12(2)9-14/h5-9,27H,4,10-11H2,1-3H3. The number of aliphatic hydroxyl groups excluding tert-OH is 1. The minimum absolute atomic E-state index is 0.0153. The van der Waals surface area contributed by atoms with Crippen LogP contribution in [0.25, 0.3) is 15.4 Å². The van der Waals surface area contributed by atoms with Crippen molar-refractivity contribution in [1.82, 2.24) is 9.55 Å². The molecule has 0 amide bonds. The number of aliphatic hydroxyl groups is 1. The molecular weight excluding hydrogens is 417 g/mol. The highest BCUT2D eigenvalue weighted by Crippen LogP contribution is 2.37.